The van der Waals surface area contributed by atoms with E-state index in [0.717, 1.165) is 127 Å². The molecule has 0 amide bonds. The number of aliphatic hydroxyl groups is 1. The number of hydrogen-bond acceptors (Lipinski definition) is 15. The van der Waals surface area contributed by atoms with E-state index in [1.165, 1.54) is 148 Å². The fourth-order valence-corrected chi connectivity index (χ4v) is 12.6. The Labute approximate surface area is 580 Å². The van der Waals surface area contributed by atoms with Gasteiger partial charge in [-0.3, -0.25) is 37.3 Å². The van der Waals surface area contributed by atoms with Crippen LogP contribution in [0, 0.1) is 17.8 Å². The molecule has 0 saturated heterocycles. The molecule has 560 valence electrons. The average molecular weight is 1390 g/mol. The molecule has 0 aromatic carbocycles. The van der Waals surface area contributed by atoms with E-state index in [1.54, 1.807) is 0 Å². The first-order valence-electron chi connectivity index (χ1n) is 38.7. The van der Waals surface area contributed by atoms with Crippen LogP contribution in [-0.4, -0.2) is 96.7 Å². The van der Waals surface area contributed by atoms with Crippen LogP contribution >= 0.6 is 15.6 Å². The maximum absolute atomic E-state index is 13.0. The molecule has 0 aliphatic carbocycles. The number of hydrogen-bond donors (Lipinski definition) is 3. The Balaban J connectivity index is 5.23. The van der Waals surface area contributed by atoms with Gasteiger partial charge in [0.1, 0.15) is 19.3 Å². The Morgan fingerprint density at radius 1 is 0.326 bits per heavy atom. The Morgan fingerprint density at radius 3 is 0.853 bits per heavy atom. The Kier molecular flexibility index (Phi) is 64.4. The minimum atomic E-state index is -4.96. The average Bonchev–Trinajstić information content (AvgIpc) is 1.71. The van der Waals surface area contributed by atoms with Crippen molar-refractivity contribution in [2.45, 2.75) is 381 Å². The van der Waals surface area contributed by atoms with Crippen LogP contribution in [0.3, 0.4) is 0 Å². The Bertz CT molecular complexity index is 1950. The van der Waals surface area contributed by atoms with Gasteiger partial charge in [-0.25, -0.2) is 9.13 Å². The summed E-state index contributed by atoms with van der Waals surface area (Å²) in [7, 11) is -9.92. The minimum Gasteiger partial charge on any atom is -0.462 e. The molecule has 95 heavy (non-hydrogen) atoms. The fourth-order valence-electron chi connectivity index (χ4n) is 11.1. The van der Waals surface area contributed by atoms with Gasteiger partial charge in [0.2, 0.25) is 0 Å². The van der Waals surface area contributed by atoms with E-state index in [-0.39, 0.29) is 25.7 Å². The Hall–Kier alpha value is -2.46. The van der Waals surface area contributed by atoms with Crippen molar-refractivity contribution in [3.8, 4) is 0 Å². The highest BCUT2D eigenvalue weighted by atomic mass is 31.2. The normalized spacial score (nSPS) is 14.2. The van der Waals surface area contributed by atoms with E-state index in [4.69, 9.17) is 37.0 Å². The van der Waals surface area contributed by atoms with Crippen LogP contribution in [0.2, 0.25) is 0 Å². The van der Waals surface area contributed by atoms with Gasteiger partial charge in [-0.2, -0.15) is 0 Å². The van der Waals surface area contributed by atoms with Gasteiger partial charge >= 0.3 is 39.5 Å². The molecule has 0 saturated carbocycles. The highest BCUT2D eigenvalue weighted by Gasteiger charge is 2.30. The molecule has 5 atom stereocenters. The number of allylic oxidation sites excluding steroid dienone is 4. The van der Waals surface area contributed by atoms with E-state index in [1.807, 2.05) is 0 Å². The molecular weight excluding hydrogens is 1250 g/mol. The summed E-state index contributed by atoms with van der Waals surface area (Å²) < 4.78 is 68.4. The SMILES string of the molecule is CCCCCC/C=C\C=C/CCCCCCCC(=O)OC[C@H](COP(=O)(O)OCC(O)COP(=O)(O)OC[C@@H](COC(=O)CCCCCCCCC(C)C)OC(=O)CCCCCCCCCCCCCCCCCCC(C)C)OC(=O)CCCCCCCCCCCC(C)C. The summed E-state index contributed by atoms with van der Waals surface area (Å²) in [4.78, 5) is 72.7. The summed E-state index contributed by atoms with van der Waals surface area (Å²) in [6.07, 6.45) is 55.1. The zero-order valence-electron chi connectivity index (χ0n) is 61.6. The van der Waals surface area contributed by atoms with Crippen molar-refractivity contribution in [2.24, 2.45) is 17.8 Å². The second kappa shape index (κ2) is 66.1. The summed E-state index contributed by atoms with van der Waals surface area (Å²) in [5, 5.41) is 10.6. The molecule has 0 spiro atoms. The molecule has 0 aliphatic heterocycles. The van der Waals surface area contributed by atoms with Gasteiger partial charge in [0, 0.05) is 25.7 Å². The first kappa shape index (κ1) is 92.5. The molecular formula is C76H144O17P2. The quantitative estimate of drug-likeness (QED) is 0.0169. The van der Waals surface area contributed by atoms with Gasteiger partial charge in [-0.1, -0.05) is 310 Å². The largest absolute Gasteiger partial charge is 0.472 e. The van der Waals surface area contributed by atoms with Crippen LogP contribution in [0.25, 0.3) is 0 Å². The predicted octanol–water partition coefficient (Wildman–Crippen LogP) is 21.7. The fraction of sp³-hybridized carbons (Fsp3) is 0.895. The molecule has 0 rings (SSSR count). The third-order valence-corrected chi connectivity index (χ3v) is 18.9. The monoisotopic (exact) mass is 1390 g/mol. The van der Waals surface area contributed by atoms with Crippen LogP contribution in [0.1, 0.15) is 363 Å². The molecule has 0 aliphatic rings. The van der Waals surface area contributed by atoms with E-state index in [9.17, 15) is 43.2 Å². The molecule has 0 bridgehead atoms. The lowest BCUT2D eigenvalue weighted by atomic mass is 10.0. The van der Waals surface area contributed by atoms with E-state index in [0.29, 0.717) is 31.6 Å². The zero-order chi connectivity index (χ0) is 70.1. The molecule has 19 heteroatoms. The topological polar surface area (TPSA) is 237 Å². The number of phosphoric ester groups is 2. The second-order valence-corrected chi connectivity index (χ2v) is 31.0. The Morgan fingerprint density at radius 2 is 0.568 bits per heavy atom. The molecule has 0 fully saturated rings. The first-order chi connectivity index (χ1) is 45.7. The second-order valence-electron chi connectivity index (χ2n) is 28.1. The lowest BCUT2D eigenvalue weighted by Gasteiger charge is -2.21. The number of esters is 4. The van der Waals surface area contributed by atoms with Crippen molar-refractivity contribution in [3.05, 3.63) is 24.3 Å². The van der Waals surface area contributed by atoms with Crippen molar-refractivity contribution in [1.82, 2.24) is 0 Å². The van der Waals surface area contributed by atoms with E-state index < -0.39 is 97.5 Å². The standard InChI is InChI=1S/C76H144O17P2/c1-8-9-10-11-12-13-14-15-18-22-25-30-35-43-50-57-73(78)86-63-71(92-76(81)60-53-46-37-32-27-29-34-41-48-55-68(4)5)65-90-94(82,83)88-61-70(77)62-89-95(84,85)91-66-72(64-87-74(79)58-51-44-39-38-42-49-56-69(6)7)93-75(80)59-52-45-36-31-26-23-20-17-16-19-21-24-28-33-40-47-54-67(2)3/h13-15,18,67-72,77H,8-12,16-17,19-66H2,1-7H3,(H,82,83)(H,84,85)/b14-13-,18-15-/t70?,71-,72-/m1/s1. The summed E-state index contributed by atoms with van der Waals surface area (Å²) in [5.74, 6) is 0.0676. The van der Waals surface area contributed by atoms with Crippen LogP contribution in [0.15, 0.2) is 24.3 Å². The number of carbonyl (C=O) groups is 4. The van der Waals surface area contributed by atoms with Crippen LogP contribution in [-0.2, 0) is 65.4 Å². The van der Waals surface area contributed by atoms with Crippen molar-refractivity contribution in [1.29, 1.82) is 0 Å². The summed E-state index contributed by atoms with van der Waals surface area (Å²) >= 11 is 0. The van der Waals surface area contributed by atoms with Crippen LogP contribution in [0.4, 0.5) is 0 Å². The molecule has 17 nitrogen and oxygen atoms in total. The van der Waals surface area contributed by atoms with Gasteiger partial charge in [0.15, 0.2) is 12.2 Å². The maximum atomic E-state index is 13.0. The summed E-state index contributed by atoms with van der Waals surface area (Å²) in [6.45, 7) is 11.7. The smallest absolute Gasteiger partial charge is 0.462 e. The molecule has 0 aromatic rings. The van der Waals surface area contributed by atoms with E-state index in [2.05, 4.69) is 72.8 Å². The zero-order valence-corrected chi connectivity index (χ0v) is 63.4. The number of unbranched alkanes of at least 4 members (excludes halogenated alkanes) is 37. The molecule has 3 unspecified atom stereocenters. The molecule has 0 aromatic heterocycles. The molecule has 3 N–H and O–H groups in total. The number of phosphoric acid groups is 2. The molecule has 0 radical (unpaired) electrons. The van der Waals surface area contributed by atoms with Gasteiger partial charge in [-0.15, -0.1) is 0 Å². The lowest BCUT2D eigenvalue weighted by Crippen LogP contribution is -2.30. The van der Waals surface area contributed by atoms with Crippen molar-refractivity contribution >= 4 is 39.5 Å². The first-order valence-corrected chi connectivity index (χ1v) is 41.7. The van der Waals surface area contributed by atoms with Crippen LogP contribution in [0.5, 0.6) is 0 Å². The minimum absolute atomic E-state index is 0.0981. The third kappa shape index (κ3) is 69.8. The van der Waals surface area contributed by atoms with Crippen molar-refractivity contribution in [2.75, 3.05) is 39.6 Å². The highest BCUT2D eigenvalue weighted by molar-refractivity contribution is 7.47. The number of rotatable bonds is 72. The van der Waals surface area contributed by atoms with Gasteiger partial charge in [-0.05, 0) is 69.1 Å². The highest BCUT2D eigenvalue weighted by Crippen LogP contribution is 2.45. The van der Waals surface area contributed by atoms with Crippen molar-refractivity contribution < 1.29 is 80.2 Å². The van der Waals surface area contributed by atoms with Crippen LogP contribution < -0.4 is 0 Å². The number of carbonyl (C=O) groups excluding carboxylic acids is 4. The predicted molar refractivity (Wildman–Crippen MR) is 386 cm³/mol. The lowest BCUT2D eigenvalue weighted by molar-refractivity contribution is -0.161. The summed E-state index contributed by atoms with van der Waals surface area (Å²) in [5.41, 5.74) is 0. The summed E-state index contributed by atoms with van der Waals surface area (Å²) in [6, 6.07) is 0. The third-order valence-electron chi connectivity index (χ3n) is 17.0. The van der Waals surface area contributed by atoms with Gasteiger partial charge in [0.05, 0.1) is 26.4 Å². The van der Waals surface area contributed by atoms with E-state index >= 15 is 0 Å². The maximum Gasteiger partial charge on any atom is 0.472 e. The number of aliphatic hydroxyl groups excluding tert-OH is 1. The molecule has 0 heterocycles. The van der Waals surface area contributed by atoms with Gasteiger partial charge in [0.25, 0.3) is 0 Å². The van der Waals surface area contributed by atoms with Gasteiger partial charge < -0.3 is 33.8 Å². The number of ether oxygens (including phenoxy) is 4. The van der Waals surface area contributed by atoms with Crippen molar-refractivity contribution in [3.63, 3.8) is 0 Å².